The third-order valence-electron chi connectivity index (χ3n) is 2.60. The molecule has 0 unspecified atom stereocenters. The second kappa shape index (κ2) is 4.29. The Bertz CT molecular complexity index is 631. The zero-order valence-corrected chi connectivity index (χ0v) is 9.63. The minimum Gasteiger partial charge on any atom is -0.388 e. The van der Waals surface area contributed by atoms with Crippen LogP contribution in [-0.4, -0.2) is 25.0 Å². The van der Waals surface area contributed by atoms with Crippen LogP contribution in [0.4, 0.5) is 5.69 Å². The number of hydrogen-bond donors (Lipinski definition) is 3. The topological polar surface area (TPSA) is 74.0 Å². The first-order valence-corrected chi connectivity index (χ1v) is 5.22. The predicted molar refractivity (Wildman–Crippen MR) is 67.5 cm³/mol. The number of nitrogens with one attached hydrogen (secondary N) is 3. The number of aromatic amines is 1. The minimum absolute atomic E-state index is 0.269. The Labute approximate surface area is 97.9 Å². The van der Waals surface area contributed by atoms with E-state index in [1.54, 1.807) is 13.1 Å². The summed E-state index contributed by atoms with van der Waals surface area (Å²) >= 11 is 0. The van der Waals surface area contributed by atoms with E-state index in [0.717, 1.165) is 11.1 Å². The van der Waals surface area contributed by atoms with Crippen LogP contribution >= 0.6 is 0 Å². The van der Waals surface area contributed by atoms with Gasteiger partial charge in [-0.05, 0) is 18.2 Å². The van der Waals surface area contributed by atoms with E-state index in [-0.39, 0.29) is 11.5 Å². The van der Waals surface area contributed by atoms with E-state index in [1.807, 2.05) is 12.1 Å². The first-order chi connectivity index (χ1) is 8.15. The van der Waals surface area contributed by atoms with Crippen molar-refractivity contribution >= 4 is 22.5 Å². The van der Waals surface area contributed by atoms with Crippen molar-refractivity contribution in [3.8, 4) is 0 Å². The van der Waals surface area contributed by atoms with Crippen molar-refractivity contribution in [3.63, 3.8) is 0 Å². The maximum absolute atomic E-state index is 11.7. The van der Waals surface area contributed by atoms with Gasteiger partial charge in [0.2, 0.25) is 5.56 Å². The SMILES string of the molecule is CNC(=O)c1cc(=O)[nH]c2ccc(NC)cc12. The standard InChI is InChI=1S/C12H13N3O2/c1-13-7-3-4-10-8(5-7)9(12(17)14-2)6-11(16)15-10/h3-6,13H,1-2H3,(H,14,17)(H,15,16). The van der Waals surface area contributed by atoms with E-state index in [1.165, 1.54) is 13.1 Å². The average Bonchev–Trinajstić information content (AvgIpc) is 2.36. The number of rotatable bonds is 2. The fourth-order valence-corrected chi connectivity index (χ4v) is 1.73. The number of carbonyl (C=O) groups is 1. The maximum Gasteiger partial charge on any atom is 0.251 e. The summed E-state index contributed by atoms with van der Waals surface area (Å²) in [4.78, 5) is 25.8. The third kappa shape index (κ3) is 1.99. The van der Waals surface area contributed by atoms with Crippen molar-refractivity contribution in [1.82, 2.24) is 10.3 Å². The summed E-state index contributed by atoms with van der Waals surface area (Å²) in [6, 6.07) is 6.75. The van der Waals surface area contributed by atoms with Crippen LogP contribution in [0.3, 0.4) is 0 Å². The molecule has 0 radical (unpaired) electrons. The highest BCUT2D eigenvalue weighted by molar-refractivity contribution is 6.06. The van der Waals surface area contributed by atoms with Gasteiger partial charge in [-0.3, -0.25) is 9.59 Å². The van der Waals surface area contributed by atoms with Crippen LogP contribution in [-0.2, 0) is 0 Å². The van der Waals surface area contributed by atoms with E-state index in [4.69, 9.17) is 0 Å². The summed E-state index contributed by atoms with van der Waals surface area (Å²) in [6.45, 7) is 0. The van der Waals surface area contributed by atoms with E-state index in [2.05, 4.69) is 15.6 Å². The molecule has 1 amide bonds. The van der Waals surface area contributed by atoms with Gasteiger partial charge in [0, 0.05) is 36.8 Å². The van der Waals surface area contributed by atoms with Gasteiger partial charge in [0.15, 0.2) is 0 Å². The Hall–Kier alpha value is -2.30. The molecule has 0 fully saturated rings. The van der Waals surface area contributed by atoms with Crippen LogP contribution in [0.1, 0.15) is 10.4 Å². The van der Waals surface area contributed by atoms with Crippen molar-refractivity contribution < 1.29 is 4.79 Å². The molecule has 0 aliphatic rings. The molecule has 1 aromatic heterocycles. The molecule has 0 bridgehead atoms. The monoisotopic (exact) mass is 231 g/mol. The second-order valence-electron chi connectivity index (χ2n) is 3.64. The average molecular weight is 231 g/mol. The van der Waals surface area contributed by atoms with E-state index in [9.17, 15) is 9.59 Å². The lowest BCUT2D eigenvalue weighted by molar-refractivity contribution is 0.0964. The van der Waals surface area contributed by atoms with Crippen LogP contribution in [0.25, 0.3) is 10.9 Å². The molecule has 0 aliphatic heterocycles. The van der Waals surface area contributed by atoms with E-state index >= 15 is 0 Å². The van der Waals surface area contributed by atoms with Gasteiger partial charge in [-0.1, -0.05) is 0 Å². The van der Waals surface area contributed by atoms with Crippen molar-refractivity contribution in [2.75, 3.05) is 19.4 Å². The summed E-state index contributed by atoms with van der Waals surface area (Å²) in [5, 5.41) is 6.24. The van der Waals surface area contributed by atoms with Crippen LogP contribution in [0.15, 0.2) is 29.1 Å². The van der Waals surface area contributed by atoms with E-state index in [0.29, 0.717) is 11.1 Å². The van der Waals surface area contributed by atoms with Crippen LogP contribution in [0.2, 0.25) is 0 Å². The lowest BCUT2D eigenvalue weighted by atomic mass is 10.1. The minimum atomic E-state index is -0.284. The van der Waals surface area contributed by atoms with Crippen molar-refractivity contribution in [1.29, 1.82) is 0 Å². The summed E-state index contributed by atoms with van der Waals surface area (Å²) in [5.74, 6) is -0.269. The number of fused-ring (bicyclic) bond motifs is 1. The zero-order chi connectivity index (χ0) is 12.4. The first-order valence-electron chi connectivity index (χ1n) is 5.22. The van der Waals surface area contributed by atoms with Crippen molar-refractivity contribution in [2.24, 2.45) is 0 Å². The Morgan fingerprint density at radius 2 is 2.00 bits per heavy atom. The van der Waals surface area contributed by atoms with Gasteiger partial charge in [0.05, 0.1) is 5.56 Å². The normalized spacial score (nSPS) is 10.2. The summed E-state index contributed by atoms with van der Waals surface area (Å²) in [5.41, 5.74) is 1.63. The molecule has 0 saturated carbocycles. The number of H-pyrrole nitrogens is 1. The van der Waals surface area contributed by atoms with Crippen molar-refractivity contribution in [2.45, 2.75) is 0 Å². The summed E-state index contributed by atoms with van der Waals surface area (Å²) in [7, 11) is 3.34. The fraction of sp³-hybridized carbons (Fsp3) is 0.167. The molecule has 17 heavy (non-hydrogen) atoms. The number of benzene rings is 1. The molecule has 0 saturated heterocycles. The van der Waals surface area contributed by atoms with Gasteiger partial charge in [-0.2, -0.15) is 0 Å². The largest absolute Gasteiger partial charge is 0.388 e. The molecule has 0 atom stereocenters. The van der Waals surface area contributed by atoms with Gasteiger partial charge in [0.1, 0.15) is 0 Å². The number of pyridine rings is 1. The molecule has 1 aromatic carbocycles. The highest BCUT2D eigenvalue weighted by Crippen LogP contribution is 2.19. The summed E-state index contributed by atoms with van der Waals surface area (Å²) < 4.78 is 0. The number of amides is 1. The lowest BCUT2D eigenvalue weighted by Crippen LogP contribution is -2.21. The molecule has 5 heteroatoms. The van der Waals surface area contributed by atoms with Crippen molar-refractivity contribution in [3.05, 3.63) is 40.2 Å². The fourth-order valence-electron chi connectivity index (χ4n) is 1.73. The Morgan fingerprint density at radius 1 is 1.24 bits per heavy atom. The summed E-state index contributed by atoms with van der Waals surface area (Å²) in [6.07, 6.45) is 0. The smallest absolute Gasteiger partial charge is 0.251 e. The Balaban J connectivity index is 2.79. The second-order valence-corrected chi connectivity index (χ2v) is 3.64. The van der Waals surface area contributed by atoms with Gasteiger partial charge >= 0.3 is 0 Å². The molecule has 0 spiro atoms. The van der Waals surface area contributed by atoms with Gasteiger partial charge in [-0.15, -0.1) is 0 Å². The van der Waals surface area contributed by atoms with Gasteiger partial charge in [-0.25, -0.2) is 0 Å². The molecule has 5 nitrogen and oxygen atoms in total. The van der Waals surface area contributed by atoms with Gasteiger partial charge < -0.3 is 15.6 Å². The first kappa shape index (κ1) is 11.2. The Morgan fingerprint density at radius 3 is 2.65 bits per heavy atom. The number of hydrogen-bond acceptors (Lipinski definition) is 3. The van der Waals surface area contributed by atoms with Crippen LogP contribution < -0.4 is 16.2 Å². The molecule has 2 rings (SSSR count). The van der Waals surface area contributed by atoms with Crippen LogP contribution in [0, 0.1) is 0 Å². The number of aromatic nitrogens is 1. The molecule has 3 N–H and O–H groups in total. The molecule has 2 aromatic rings. The quantitative estimate of drug-likeness (QED) is 0.719. The van der Waals surface area contributed by atoms with Gasteiger partial charge in [0.25, 0.3) is 5.91 Å². The molecule has 1 heterocycles. The Kier molecular flexibility index (Phi) is 2.82. The molecule has 0 aliphatic carbocycles. The third-order valence-corrected chi connectivity index (χ3v) is 2.60. The highest BCUT2D eigenvalue weighted by atomic mass is 16.1. The molecular formula is C12H13N3O2. The lowest BCUT2D eigenvalue weighted by Gasteiger charge is -2.07. The van der Waals surface area contributed by atoms with E-state index < -0.39 is 0 Å². The zero-order valence-electron chi connectivity index (χ0n) is 9.63. The number of carbonyl (C=O) groups excluding carboxylic acids is 1. The number of anilines is 1. The van der Waals surface area contributed by atoms with Crippen LogP contribution in [0.5, 0.6) is 0 Å². The molecule has 88 valence electrons. The highest BCUT2D eigenvalue weighted by Gasteiger charge is 2.10. The predicted octanol–water partition coefficient (Wildman–Crippen LogP) is 0.929. The molecular weight excluding hydrogens is 218 g/mol. The maximum atomic E-state index is 11.7.